The van der Waals surface area contributed by atoms with Crippen LogP contribution in [-0.2, 0) is 4.74 Å². The minimum atomic E-state index is -0.621. The molecule has 7 nitrogen and oxygen atoms in total. The molecule has 2 N–H and O–H groups in total. The normalized spacial score (nSPS) is 10.9. The molecular formula is C11H17N4O3. The van der Waals surface area contributed by atoms with Crippen molar-refractivity contribution in [2.24, 2.45) is 0 Å². The van der Waals surface area contributed by atoms with Crippen molar-refractivity contribution in [2.75, 3.05) is 7.05 Å². The zero-order chi connectivity index (χ0) is 13.8. The summed E-state index contributed by atoms with van der Waals surface area (Å²) in [6.07, 6.45) is 0.923. The molecule has 2 amide bonds. The van der Waals surface area contributed by atoms with Crippen LogP contribution in [0.1, 0.15) is 31.3 Å². The summed E-state index contributed by atoms with van der Waals surface area (Å²) in [6.45, 7) is 6.49. The van der Waals surface area contributed by atoms with E-state index in [0.29, 0.717) is 0 Å². The smallest absolute Gasteiger partial charge is 0.409 e. The first kappa shape index (κ1) is 14.0. The molecule has 0 aliphatic rings. The predicted octanol–water partition coefficient (Wildman–Crippen LogP) is 1.13. The lowest BCUT2D eigenvalue weighted by atomic mass is 10.2. The van der Waals surface area contributed by atoms with E-state index in [9.17, 15) is 9.59 Å². The van der Waals surface area contributed by atoms with E-state index in [2.05, 4.69) is 15.5 Å². The van der Waals surface area contributed by atoms with Crippen LogP contribution in [0.25, 0.3) is 0 Å². The number of aromatic amines is 1. The summed E-state index contributed by atoms with van der Waals surface area (Å²) in [5, 5.41) is 8.64. The summed E-state index contributed by atoms with van der Waals surface area (Å²) in [6, 6.07) is 1.54. The van der Waals surface area contributed by atoms with Crippen molar-refractivity contribution in [3.8, 4) is 0 Å². The fraction of sp³-hybridized carbons (Fsp3) is 0.455. The van der Waals surface area contributed by atoms with Gasteiger partial charge in [-0.1, -0.05) is 0 Å². The molecule has 0 saturated carbocycles. The van der Waals surface area contributed by atoms with Crippen molar-refractivity contribution in [1.29, 1.82) is 0 Å². The van der Waals surface area contributed by atoms with Gasteiger partial charge in [0.25, 0.3) is 5.91 Å². The first-order valence-corrected chi connectivity index (χ1v) is 5.39. The molecule has 0 aliphatic carbocycles. The van der Waals surface area contributed by atoms with Crippen molar-refractivity contribution >= 4 is 12.0 Å². The van der Waals surface area contributed by atoms with Crippen LogP contribution in [0.15, 0.2) is 12.3 Å². The summed E-state index contributed by atoms with van der Waals surface area (Å²) in [4.78, 5) is 24.3. The number of hydrogen-bond donors (Lipinski definition) is 2. The van der Waals surface area contributed by atoms with Crippen LogP contribution in [0.3, 0.4) is 0 Å². The number of rotatable bonds is 3. The highest BCUT2D eigenvalue weighted by atomic mass is 16.6. The Labute approximate surface area is 105 Å². The molecule has 0 saturated heterocycles. The maximum absolute atomic E-state index is 11.7. The molecule has 1 aromatic heterocycles. The van der Waals surface area contributed by atoms with Gasteiger partial charge in [-0.05, 0) is 26.8 Å². The third-order valence-corrected chi connectivity index (χ3v) is 1.82. The lowest BCUT2D eigenvalue weighted by molar-refractivity contribution is 0.0521. The van der Waals surface area contributed by atoms with Gasteiger partial charge in [0.15, 0.2) is 0 Å². The van der Waals surface area contributed by atoms with E-state index in [1.807, 2.05) is 0 Å². The van der Waals surface area contributed by atoms with Gasteiger partial charge in [-0.25, -0.2) is 4.79 Å². The first-order chi connectivity index (χ1) is 8.29. The topological polar surface area (TPSA) is 87.3 Å². The zero-order valence-corrected chi connectivity index (χ0v) is 10.9. The van der Waals surface area contributed by atoms with Gasteiger partial charge in [-0.15, -0.1) is 0 Å². The summed E-state index contributed by atoms with van der Waals surface area (Å²) >= 11 is 0. The van der Waals surface area contributed by atoms with Gasteiger partial charge in [0.1, 0.15) is 18.0 Å². The van der Waals surface area contributed by atoms with E-state index in [0.717, 1.165) is 0 Å². The standard InChI is InChI=1S/C11H17N4O3/c1-11(2,3)18-10(17)12-7-15(4)9(16)8-5-6-13-14-8/h5-7H,1-4H3,(H,12,17)(H,13,14). The number of aromatic nitrogens is 2. The number of alkyl carbamates (subject to hydrolysis) is 1. The molecule has 1 radical (unpaired) electrons. The van der Waals surface area contributed by atoms with Gasteiger partial charge in [0.05, 0.1) is 0 Å². The Balaban J connectivity index is 2.40. The Hall–Kier alpha value is -2.05. The molecule has 0 spiro atoms. The first-order valence-electron chi connectivity index (χ1n) is 5.39. The van der Waals surface area contributed by atoms with Gasteiger partial charge in [0, 0.05) is 13.2 Å². The minimum Gasteiger partial charge on any atom is -0.444 e. The Morgan fingerprint density at radius 1 is 1.50 bits per heavy atom. The van der Waals surface area contributed by atoms with E-state index in [1.54, 1.807) is 33.0 Å². The molecule has 18 heavy (non-hydrogen) atoms. The van der Waals surface area contributed by atoms with Crippen LogP contribution in [0.4, 0.5) is 4.79 Å². The molecule has 0 atom stereocenters. The Morgan fingerprint density at radius 3 is 2.67 bits per heavy atom. The van der Waals surface area contributed by atoms with Crippen molar-refractivity contribution in [1.82, 2.24) is 20.4 Å². The maximum Gasteiger partial charge on any atom is 0.409 e. The lowest BCUT2D eigenvalue weighted by Gasteiger charge is -2.21. The van der Waals surface area contributed by atoms with Crippen LogP contribution in [0, 0.1) is 6.67 Å². The average Bonchev–Trinajstić information content (AvgIpc) is 2.75. The second kappa shape index (κ2) is 5.52. The van der Waals surface area contributed by atoms with Crippen LogP contribution in [0.2, 0.25) is 0 Å². The number of ether oxygens (including phenoxy) is 1. The monoisotopic (exact) mass is 253 g/mol. The molecular weight excluding hydrogens is 236 g/mol. The number of nitrogens with zero attached hydrogens (tertiary/aromatic N) is 2. The maximum atomic E-state index is 11.7. The second-order valence-corrected chi connectivity index (χ2v) is 4.65. The second-order valence-electron chi connectivity index (χ2n) is 4.65. The quantitative estimate of drug-likeness (QED) is 0.845. The van der Waals surface area contributed by atoms with Gasteiger partial charge >= 0.3 is 6.09 Å². The Kier molecular flexibility index (Phi) is 4.30. The van der Waals surface area contributed by atoms with Crippen LogP contribution in [-0.4, -0.2) is 39.7 Å². The predicted molar refractivity (Wildman–Crippen MR) is 64.4 cm³/mol. The number of carbonyl (C=O) groups is 2. The fourth-order valence-electron chi connectivity index (χ4n) is 1.08. The van der Waals surface area contributed by atoms with Gasteiger partial charge < -0.3 is 9.64 Å². The SMILES string of the molecule is CN([CH]NC(=O)OC(C)(C)C)C(=O)c1cc[nH]n1. The molecule has 99 valence electrons. The number of nitrogens with one attached hydrogen (secondary N) is 2. The fourth-order valence-corrected chi connectivity index (χ4v) is 1.08. The molecule has 1 heterocycles. The van der Waals surface area contributed by atoms with Crippen LogP contribution < -0.4 is 5.32 Å². The highest BCUT2D eigenvalue weighted by Gasteiger charge is 2.18. The molecule has 0 aromatic carbocycles. The minimum absolute atomic E-state index is 0.264. The van der Waals surface area contributed by atoms with Gasteiger partial charge in [0.2, 0.25) is 0 Å². The Morgan fingerprint density at radius 2 is 2.17 bits per heavy atom. The molecule has 0 unspecified atom stereocenters. The van der Waals surface area contributed by atoms with Gasteiger partial charge in [-0.2, -0.15) is 5.10 Å². The zero-order valence-electron chi connectivity index (χ0n) is 10.9. The average molecular weight is 253 g/mol. The molecule has 1 rings (SSSR count). The van der Waals surface area contributed by atoms with E-state index in [-0.39, 0.29) is 11.6 Å². The summed E-state index contributed by atoms with van der Waals surface area (Å²) in [5.74, 6) is -0.340. The molecule has 0 aliphatic heterocycles. The summed E-state index contributed by atoms with van der Waals surface area (Å²) in [5.41, 5.74) is -0.317. The van der Waals surface area contributed by atoms with E-state index in [4.69, 9.17) is 4.74 Å². The number of H-pyrrole nitrogens is 1. The third kappa shape index (κ3) is 4.44. The van der Waals surface area contributed by atoms with Crippen LogP contribution in [0.5, 0.6) is 0 Å². The van der Waals surface area contributed by atoms with E-state index in [1.165, 1.54) is 18.6 Å². The largest absolute Gasteiger partial charge is 0.444 e. The number of carbonyl (C=O) groups excluding carboxylic acids is 2. The van der Waals surface area contributed by atoms with E-state index >= 15 is 0 Å². The molecule has 0 bridgehead atoms. The lowest BCUT2D eigenvalue weighted by Crippen LogP contribution is -2.37. The summed E-state index contributed by atoms with van der Waals surface area (Å²) < 4.78 is 5.02. The molecule has 1 aromatic rings. The van der Waals surface area contributed by atoms with Crippen molar-refractivity contribution in [2.45, 2.75) is 26.4 Å². The third-order valence-electron chi connectivity index (χ3n) is 1.82. The van der Waals surface area contributed by atoms with E-state index < -0.39 is 11.7 Å². The number of amides is 2. The van der Waals surface area contributed by atoms with Crippen molar-refractivity contribution < 1.29 is 14.3 Å². The summed E-state index contributed by atoms with van der Waals surface area (Å²) in [7, 11) is 1.51. The van der Waals surface area contributed by atoms with Gasteiger partial charge in [-0.3, -0.25) is 15.2 Å². The van der Waals surface area contributed by atoms with Crippen molar-refractivity contribution in [3.63, 3.8) is 0 Å². The van der Waals surface area contributed by atoms with Crippen LogP contribution >= 0.6 is 0 Å². The molecule has 7 heteroatoms. The number of hydrogen-bond acceptors (Lipinski definition) is 4. The molecule has 0 fully saturated rings. The highest BCUT2D eigenvalue weighted by Crippen LogP contribution is 2.07. The Bertz CT molecular complexity index is 408. The van der Waals surface area contributed by atoms with Crippen molar-refractivity contribution in [3.05, 3.63) is 24.6 Å². The highest BCUT2D eigenvalue weighted by molar-refractivity contribution is 5.92.